The highest BCUT2D eigenvalue weighted by Crippen LogP contribution is 2.33. The molecule has 27 heavy (non-hydrogen) atoms. The third-order valence-electron chi connectivity index (χ3n) is 5.08. The van der Waals surface area contributed by atoms with Gasteiger partial charge in [0.15, 0.2) is 6.61 Å². The third-order valence-corrected chi connectivity index (χ3v) is 5.08. The van der Waals surface area contributed by atoms with Gasteiger partial charge >= 0.3 is 5.97 Å². The molecule has 0 bridgehead atoms. The fourth-order valence-corrected chi connectivity index (χ4v) is 3.03. The van der Waals surface area contributed by atoms with Crippen LogP contribution in [0, 0.1) is 13.8 Å². The fraction of sp³-hybridized carbons (Fsp3) is 0.455. The highest BCUT2D eigenvalue weighted by Gasteiger charge is 2.22. The van der Waals surface area contributed by atoms with Crippen LogP contribution in [-0.2, 0) is 11.8 Å². The zero-order chi connectivity index (χ0) is 20.5. The SMILES string of the molecule is Cc1cc(C(=O)COC(=O)c2cc(C(C)C)cc(C(C)C)c2O)c(C)n1C. The number of benzene rings is 1. The quantitative estimate of drug-likeness (QED) is 0.593. The Labute approximate surface area is 161 Å². The number of aromatic nitrogens is 1. The number of carbonyl (C=O) groups excluding carboxylic acids is 2. The van der Waals surface area contributed by atoms with E-state index in [4.69, 9.17) is 4.74 Å². The lowest BCUT2D eigenvalue weighted by atomic mass is 9.92. The van der Waals surface area contributed by atoms with Crippen LogP contribution in [0.3, 0.4) is 0 Å². The van der Waals surface area contributed by atoms with E-state index >= 15 is 0 Å². The van der Waals surface area contributed by atoms with Gasteiger partial charge in [0.1, 0.15) is 11.3 Å². The number of phenols is 1. The van der Waals surface area contributed by atoms with Gasteiger partial charge in [0.2, 0.25) is 5.78 Å². The number of hydrogen-bond donors (Lipinski definition) is 1. The molecule has 146 valence electrons. The van der Waals surface area contributed by atoms with E-state index in [2.05, 4.69) is 0 Å². The van der Waals surface area contributed by atoms with Crippen LogP contribution in [0.2, 0.25) is 0 Å². The van der Waals surface area contributed by atoms with Crippen LogP contribution < -0.4 is 0 Å². The van der Waals surface area contributed by atoms with Gasteiger partial charge in [0.05, 0.1) is 0 Å². The largest absolute Gasteiger partial charge is 0.507 e. The van der Waals surface area contributed by atoms with Crippen LogP contribution >= 0.6 is 0 Å². The smallest absolute Gasteiger partial charge is 0.342 e. The van der Waals surface area contributed by atoms with E-state index in [0.717, 1.165) is 17.0 Å². The number of Topliss-reactive ketones (excluding diaryl/α,β-unsaturated/α-hetero) is 1. The van der Waals surface area contributed by atoms with Gasteiger partial charge in [-0.2, -0.15) is 0 Å². The highest BCUT2D eigenvalue weighted by molar-refractivity contribution is 6.01. The van der Waals surface area contributed by atoms with E-state index in [1.165, 1.54) is 0 Å². The summed E-state index contributed by atoms with van der Waals surface area (Å²) in [5.74, 6) is -0.750. The molecule has 2 aromatic rings. The van der Waals surface area contributed by atoms with Crippen LogP contribution in [-0.4, -0.2) is 28.0 Å². The molecule has 0 spiro atoms. The van der Waals surface area contributed by atoms with Crippen LogP contribution in [0.4, 0.5) is 0 Å². The number of esters is 1. The van der Waals surface area contributed by atoms with Gasteiger partial charge in [0, 0.05) is 24.0 Å². The summed E-state index contributed by atoms with van der Waals surface area (Å²) >= 11 is 0. The maximum absolute atomic E-state index is 12.6. The number of carbonyl (C=O) groups is 2. The Balaban J connectivity index is 2.25. The van der Waals surface area contributed by atoms with Crippen molar-refractivity contribution in [2.24, 2.45) is 7.05 Å². The van der Waals surface area contributed by atoms with E-state index in [1.54, 1.807) is 12.1 Å². The summed E-state index contributed by atoms with van der Waals surface area (Å²) in [7, 11) is 1.89. The van der Waals surface area contributed by atoms with E-state index in [9.17, 15) is 14.7 Å². The molecule has 1 N–H and O–H groups in total. The molecule has 0 amide bonds. The molecular weight excluding hydrogens is 342 g/mol. The van der Waals surface area contributed by atoms with Crippen molar-refractivity contribution in [3.05, 3.63) is 51.8 Å². The molecule has 0 aliphatic rings. The van der Waals surface area contributed by atoms with Crippen molar-refractivity contribution in [1.29, 1.82) is 0 Å². The molecule has 0 radical (unpaired) electrons. The van der Waals surface area contributed by atoms with Crippen molar-refractivity contribution in [3.63, 3.8) is 0 Å². The van der Waals surface area contributed by atoms with E-state index in [1.807, 2.05) is 59.2 Å². The van der Waals surface area contributed by atoms with Crippen LogP contribution in [0.25, 0.3) is 0 Å². The van der Waals surface area contributed by atoms with Gasteiger partial charge in [-0.15, -0.1) is 0 Å². The first-order chi connectivity index (χ1) is 12.5. The summed E-state index contributed by atoms with van der Waals surface area (Å²) in [6, 6.07) is 5.36. The van der Waals surface area contributed by atoms with Gasteiger partial charge in [-0.1, -0.05) is 33.8 Å². The number of ether oxygens (including phenoxy) is 1. The molecule has 0 saturated heterocycles. The van der Waals surface area contributed by atoms with Crippen molar-refractivity contribution in [2.75, 3.05) is 6.61 Å². The van der Waals surface area contributed by atoms with E-state index < -0.39 is 5.97 Å². The van der Waals surface area contributed by atoms with Crippen molar-refractivity contribution >= 4 is 11.8 Å². The fourth-order valence-electron chi connectivity index (χ4n) is 3.03. The van der Waals surface area contributed by atoms with Crippen molar-refractivity contribution in [3.8, 4) is 5.75 Å². The monoisotopic (exact) mass is 371 g/mol. The first kappa shape index (κ1) is 20.7. The summed E-state index contributed by atoms with van der Waals surface area (Å²) in [5, 5.41) is 10.5. The summed E-state index contributed by atoms with van der Waals surface area (Å²) in [6.07, 6.45) is 0. The Kier molecular flexibility index (Phi) is 6.14. The van der Waals surface area contributed by atoms with Gasteiger partial charge in [-0.05, 0) is 48.9 Å². The topological polar surface area (TPSA) is 68.5 Å². The molecule has 0 atom stereocenters. The number of ketones is 1. The Bertz CT molecular complexity index is 875. The van der Waals surface area contributed by atoms with Crippen molar-refractivity contribution in [2.45, 2.75) is 53.4 Å². The second-order valence-corrected chi connectivity index (χ2v) is 7.66. The van der Waals surface area contributed by atoms with Crippen molar-refractivity contribution in [1.82, 2.24) is 4.57 Å². The first-order valence-corrected chi connectivity index (χ1v) is 9.24. The molecule has 1 heterocycles. The molecule has 2 rings (SSSR count). The van der Waals surface area contributed by atoms with E-state index in [0.29, 0.717) is 11.1 Å². The number of hydrogen-bond acceptors (Lipinski definition) is 4. The molecule has 5 heteroatoms. The Morgan fingerprint density at radius 2 is 1.67 bits per heavy atom. The number of aromatic hydroxyl groups is 1. The summed E-state index contributed by atoms with van der Waals surface area (Å²) in [4.78, 5) is 25.0. The average molecular weight is 371 g/mol. The van der Waals surface area contributed by atoms with Gasteiger partial charge in [-0.25, -0.2) is 4.79 Å². The molecule has 0 fully saturated rings. The lowest BCUT2D eigenvalue weighted by molar-refractivity contribution is 0.0471. The van der Waals surface area contributed by atoms with E-state index in [-0.39, 0.29) is 35.5 Å². The summed E-state index contributed by atoms with van der Waals surface area (Å²) < 4.78 is 7.16. The van der Waals surface area contributed by atoms with Crippen LogP contribution in [0.15, 0.2) is 18.2 Å². The number of phenolic OH excluding ortho intramolecular Hbond substituents is 1. The van der Waals surface area contributed by atoms with Crippen molar-refractivity contribution < 1.29 is 19.4 Å². The second-order valence-electron chi connectivity index (χ2n) is 7.66. The molecule has 0 aliphatic heterocycles. The second kappa shape index (κ2) is 7.99. The minimum absolute atomic E-state index is 0.0619. The Morgan fingerprint density at radius 3 is 2.15 bits per heavy atom. The number of aryl methyl sites for hydroxylation is 1. The van der Waals surface area contributed by atoms with Gasteiger partial charge in [-0.3, -0.25) is 4.79 Å². The standard InChI is InChI=1S/C22H29NO4/c1-12(2)16-9-17(13(3)4)21(25)19(10-16)22(26)27-11-20(24)18-8-14(5)23(7)15(18)6/h8-10,12-13,25H,11H2,1-7H3. The molecule has 0 unspecified atom stereocenters. The number of nitrogens with zero attached hydrogens (tertiary/aromatic N) is 1. The maximum Gasteiger partial charge on any atom is 0.342 e. The van der Waals surface area contributed by atoms with Crippen LogP contribution in [0.5, 0.6) is 5.75 Å². The zero-order valence-corrected chi connectivity index (χ0v) is 17.2. The summed E-state index contributed by atoms with van der Waals surface area (Å²) in [5.41, 5.74) is 4.11. The molecule has 1 aromatic heterocycles. The Hall–Kier alpha value is -2.56. The average Bonchev–Trinajstić information content (AvgIpc) is 2.86. The normalized spacial score (nSPS) is 11.3. The highest BCUT2D eigenvalue weighted by atomic mass is 16.5. The van der Waals surface area contributed by atoms with Gasteiger partial charge in [0.25, 0.3) is 0 Å². The molecule has 1 aromatic carbocycles. The third kappa shape index (κ3) is 4.24. The maximum atomic E-state index is 12.6. The predicted molar refractivity (Wildman–Crippen MR) is 106 cm³/mol. The Morgan fingerprint density at radius 1 is 1.04 bits per heavy atom. The molecular formula is C22H29NO4. The molecule has 0 saturated carbocycles. The lowest BCUT2D eigenvalue weighted by Gasteiger charge is -2.16. The lowest BCUT2D eigenvalue weighted by Crippen LogP contribution is -2.16. The van der Waals surface area contributed by atoms with Gasteiger partial charge < -0.3 is 14.4 Å². The molecule has 0 aliphatic carbocycles. The minimum Gasteiger partial charge on any atom is -0.507 e. The summed E-state index contributed by atoms with van der Waals surface area (Å²) in [6.45, 7) is 11.4. The predicted octanol–water partition coefficient (Wildman–Crippen LogP) is 4.63. The zero-order valence-electron chi connectivity index (χ0n) is 17.2. The first-order valence-electron chi connectivity index (χ1n) is 9.24. The van der Waals surface area contributed by atoms with Crippen LogP contribution in [0.1, 0.15) is 82.8 Å². The molecule has 5 nitrogen and oxygen atoms in total. The minimum atomic E-state index is -0.685. The number of rotatable bonds is 6.